The lowest BCUT2D eigenvalue weighted by molar-refractivity contribution is -0.684. The minimum Gasteiger partial charge on any atom is -0.291 e. The second-order valence-electron chi connectivity index (χ2n) is 5.36. The van der Waals surface area contributed by atoms with E-state index in [0.29, 0.717) is 5.56 Å². The first-order chi connectivity index (χ1) is 10.8. The molecule has 2 aromatic rings. The highest BCUT2D eigenvalue weighted by Crippen LogP contribution is 2.21. The fourth-order valence-corrected chi connectivity index (χ4v) is 3.70. The Morgan fingerprint density at radius 2 is 2.00 bits per heavy atom. The topological polar surface area (TPSA) is 116 Å². The average molecular weight is 337 g/mol. The number of carbonyl (C=O) groups excluding carboxylic acids is 1. The third-order valence-corrected chi connectivity index (χ3v) is 5.38. The van der Waals surface area contributed by atoms with Gasteiger partial charge in [-0.1, -0.05) is 0 Å². The maximum absolute atomic E-state index is 12.1. The van der Waals surface area contributed by atoms with Gasteiger partial charge in [-0.3, -0.25) is 14.9 Å². The van der Waals surface area contributed by atoms with Gasteiger partial charge in [-0.05, 0) is 12.1 Å². The van der Waals surface area contributed by atoms with Crippen LogP contribution in [0, 0.1) is 10.1 Å². The molecule has 0 spiro atoms. The van der Waals surface area contributed by atoms with Crippen molar-refractivity contribution in [2.24, 2.45) is 0 Å². The van der Waals surface area contributed by atoms with Crippen molar-refractivity contribution in [1.82, 2.24) is 9.78 Å². The summed E-state index contributed by atoms with van der Waals surface area (Å²) < 4.78 is 25.4. The Balaban J connectivity index is 1.66. The van der Waals surface area contributed by atoms with Crippen LogP contribution in [-0.2, 0) is 16.4 Å². The summed E-state index contributed by atoms with van der Waals surface area (Å²) >= 11 is 0. The molecule has 0 amide bonds. The van der Waals surface area contributed by atoms with Gasteiger partial charge in [0.05, 0.1) is 16.4 Å². The normalized spacial score (nSPS) is 16.7. The van der Waals surface area contributed by atoms with Gasteiger partial charge in [-0.2, -0.15) is 0 Å². The smallest absolute Gasteiger partial charge is 0.269 e. The van der Waals surface area contributed by atoms with Crippen molar-refractivity contribution in [2.45, 2.75) is 12.6 Å². The number of benzene rings is 1. The summed E-state index contributed by atoms with van der Waals surface area (Å²) in [4.78, 5) is 22.2. The molecule has 2 heterocycles. The summed E-state index contributed by atoms with van der Waals surface area (Å²) in [6.07, 6.45) is 3.04. The van der Waals surface area contributed by atoms with E-state index in [4.69, 9.17) is 0 Å². The minimum atomic E-state index is -2.94. The van der Waals surface area contributed by atoms with E-state index in [1.54, 1.807) is 10.9 Å². The fourth-order valence-electron chi connectivity index (χ4n) is 2.32. The third-order valence-electron chi connectivity index (χ3n) is 3.59. The van der Waals surface area contributed by atoms with E-state index in [1.165, 1.54) is 35.3 Å². The van der Waals surface area contributed by atoms with E-state index in [0.717, 1.165) is 0 Å². The lowest BCUT2D eigenvalue weighted by Crippen LogP contribution is -2.40. The molecule has 0 radical (unpaired) electrons. The first-order valence-electron chi connectivity index (χ1n) is 6.75. The Hall–Kier alpha value is -2.62. The van der Waals surface area contributed by atoms with Gasteiger partial charge in [0.15, 0.2) is 15.6 Å². The van der Waals surface area contributed by atoms with Crippen LogP contribution in [0.4, 0.5) is 5.69 Å². The van der Waals surface area contributed by atoms with Gasteiger partial charge in [-0.25, -0.2) is 13.0 Å². The van der Waals surface area contributed by atoms with Gasteiger partial charge >= 0.3 is 0 Å². The van der Waals surface area contributed by atoms with Crippen LogP contribution in [0.3, 0.4) is 0 Å². The van der Waals surface area contributed by atoms with Crippen molar-refractivity contribution >= 4 is 21.3 Å². The number of carbonyl (C=O) groups is 1. The maximum Gasteiger partial charge on any atom is 0.269 e. The molecule has 1 saturated heterocycles. The van der Waals surface area contributed by atoms with Crippen LogP contribution in [0.2, 0.25) is 0 Å². The number of sulfone groups is 1. The molecule has 9 nitrogen and oxygen atoms in total. The van der Waals surface area contributed by atoms with Crippen molar-refractivity contribution < 1.29 is 22.7 Å². The zero-order chi connectivity index (χ0) is 16.6. The number of aromatic nitrogens is 3. The zero-order valence-corrected chi connectivity index (χ0v) is 12.7. The summed E-state index contributed by atoms with van der Waals surface area (Å²) in [6, 6.07) is 5.19. The molecule has 0 atom stereocenters. The highest BCUT2D eigenvalue weighted by Gasteiger charge is 2.39. The highest BCUT2D eigenvalue weighted by molar-refractivity contribution is 7.92. The lowest BCUT2D eigenvalue weighted by Gasteiger charge is -2.20. The predicted octanol–water partition coefficient (Wildman–Crippen LogP) is -0.0688. The summed E-state index contributed by atoms with van der Waals surface area (Å²) in [5.41, 5.74) is 0.287. The Morgan fingerprint density at radius 3 is 2.57 bits per heavy atom. The quantitative estimate of drug-likeness (QED) is 0.326. The van der Waals surface area contributed by atoms with Crippen LogP contribution in [0.15, 0.2) is 36.9 Å². The van der Waals surface area contributed by atoms with Crippen molar-refractivity contribution in [2.75, 3.05) is 11.5 Å². The first kappa shape index (κ1) is 15.3. The molecule has 0 aliphatic carbocycles. The molecule has 1 fully saturated rings. The Morgan fingerprint density at radius 1 is 1.35 bits per heavy atom. The van der Waals surface area contributed by atoms with E-state index in [2.05, 4.69) is 5.10 Å². The Labute approximate surface area is 131 Å². The second-order valence-corrected chi connectivity index (χ2v) is 7.51. The van der Waals surface area contributed by atoms with Gasteiger partial charge in [0, 0.05) is 22.8 Å². The van der Waals surface area contributed by atoms with E-state index in [-0.39, 0.29) is 35.6 Å². The van der Waals surface area contributed by atoms with Crippen molar-refractivity contribution in [3.63, 3.8) is 0 Å². The Bertz CT molecular complexity index is 860. The number of non-ortho nitro benzene ring substituents is 1. The van der Waals surface area contributed by atoms with Crippen molar-refractivity contribution in [3.8, 4) is 0 Å². The zero-order valence-electron chi connectivity index (χ0n) is 11.9. The molecule has 23 heavy (non-hydrogen) atoms. The number of nitro benzene ring substituents is 1. The molecular weight excluding hydrogens is 324 g/mol. The first-order valence-corrected chi connectivity index (χ1v) is 8.57. The number of hydrogen-bond acceptors (Lipinski definition) is 6. The maximum atomic E-state index is 12.1. The van der Waals surface area contributed by atoms with Crippen LogP contribution in [0.25, 0.3) is 0 Å². The molecule has 1 aromatic heterocycles. The average Bonchev–Trinajstić information content (AvgIpc) is 2.93. The molecule has 1 aromatic carbocycles. The van der Waals surface area contributed by atoms with Gasteiger partial charge in [0.2, 0.25) is 6.33 Å². The lowest BCUT2D eigenvalue weighted by atomic mass is 10.1. The van der Waals surface area contributed by atoms with Crippen LogP contribution in [0.5, 0.6) is 0 Å². The summed E-state index contributed by atoms with van der Waals surface area (Å²) in [5.74, 6) is -0.0960. The molecule has 0 saturated carbocycles. The van der Waals surface area contributed by atoms with Crippen LogP contribution >= 0.6 is 0 Å². The highest BCUT2D eigenvalue weighted by atomic mass is 32.2. The molecule has 3 rings (SSSR count). The van der Waals surface area contributed by atoms with Crippen LogP contribution in [-0.4, -0.2) is 40.4 Å². The van der Waals surface area contributed by atoms with Gasteiger partial charge < -0.3 is 0 Å². The van der Waals surface area contributed by atoms with Crippen molar-refractivity contribution in [1.29, 1.82) is 0 Å². The van der Waals surface area contributed by atoms with Gasteiger partial charge in [-0.15, -0.1) is 4.68 Å². The molecular formula is C13H13N4O5S+. The number of nitrogens with zero attached hydrogens (tertiary/aromatic N) is 4. The number of ketones is 1. The van der Waals surface area contributed by atoms with E-state index < -0.39 is 14.8 Å². The third kappa shape index (κ3) is 3.26. The van der Waals surface area contributed by atoms with Gasteiger partial charge in [0.25, 0.3) is 12.0 Å². The fraction of sp³-hybridized carbons (Fsp3) is 0.308. The number of Topliss-reactive ketones (excluding diaryl/α,β-unsaturated/α-hetero) is 1. The standard InChI is InChI=1S/C13H13N4O5S/c18-13(10-1-3-11(4-2-10)17(19)20)5-15-8-14-16(9-15)12-6-23(21,22)7-12/h1-4,8-9,12H,5-7H2/q+1. The number of rotatable bonds is 5. The SMILES string of the molecule is O=C(C[n+]1cnn(C2CS(=O)(=O)C2)c1)c1ccc([N+](=O)[O-])cc1. The molecule has 120 valence electrons. The molecule has 1 aliphatic heterocycles. The number of hydrogen-bond donors (Lipinski definition) is 0. The molecule has 10 heteroatoms. The van der Waals surface area contributed by atoms with E-state index >= 15 is 0 Å². The molecule has 0 N–H and O–H groups in total. The van der Waals surface area contributed by atoms with Crippen LogP contribution < -0.4 is 4.57 Å². The summed E-state index contributed by atoms with van der Waals surface area (Å²) in [7, 11) is -2.94. The Kier molecular flexibility index (Phi) is 3.68. The summed E-state index contributed by atoms with van der Waals surface area (Å²) in [5, 5.41) is 14.6. The largest absolute Gasteiger partial charge is 0.291 e. The van der Waals surface area contributed by atoms with E-state index in [1.807, 2.05) is 0 Å². The minimum absolute atomic E-state index is 0.0251. The van der Waals surface area contributed by atoms with Gasteiger partial charge in [0.1, 0.15) is 12.6 Å². The molecule has 0 unspecified atom stereocenters. The second kappa shape index (κ2) is 5.54. The van der Waals surface area contributed by atoms with Crippen molar-refractivity contribution in [3.05, 3.63) is 52.6 Å². The predicted molar refractivity (Wildman–Crippen MR) is 77.5 cm³/mol. The monoisotopic (exact) mass is 337 g/mol. The van der Waals surface area contributed by atoms with E-state index in [9.17, 15) is 23.3 Å². The molecule has 0 bridgehead atoms. The molecule has 1 aliphatic rings. The van der Waals surface area contributed by atoms with Crippen LogP contribution in [0.1, 0.15) is 16.4 Å². The number of nitro groups is 1. The summed E-state index contributed by atoms with van der Waals surface area (Å²) in [6.45, 7) is 0.0251.